The molecule has 0 atom stereocenters. The SMILES string of the molecule is COCC(=O)N1CCN(CCCS(=O)(=O)c2ccc(F)cc2)CC1. The highest BCUT2D eigenvalue weighted by Crippen LogP contribution is 2.13. The van der Waals surface area contributed by atoms with Crippen LogP contribution in [0.1, 0.15) is 6.42 Å². The van der Waals surface area contributed by atoms with E-state index in [1.54, 1.807) is 4.90 Å². The van der Waals surface area contributed by atoms with Crippen molar-refractivity contribution in [1.82, 2.24) is 9.80 Å². The van der Waals surface area contributed by atoms with E-state index in [2.05, 4.69) is 4.90 Å². The Bertz CT molecular complexity index is 641. The van der Waals surface area contributed by atoms with E-state index in [9.17, 15) is 17.6 Å². The maximum Gasteiger partial charge on any atom is 0.248 e. The number of carbonyl (C=O) groups is 1. The molecule has 8 heteroatoms. The molecule has 1 aliphatic heterocycles. The minimum absolute atomic E-state index is 0.0176. The van der Waals surface area contributed by atoms with Crippen molar-refractivity contribution in [2.45, 2.75) is 11.3 Å². The highest BCUT2D eigenvalue weighted by atomic mass is 32.2. The molecule has 2 rings (SSSR count). The molecule has 0 saturated carbocycles. The maximum absolute atomic E-state index is 12.9. The molecule has 0 N–H and O–H groups in total. The quantitative estimate of drug-likeness (QED) is 0.674. The van der Waals surface area contributed by atoms with Crippen molar-refractivity contribution in [3.8, 4) is 0 Å². The van der Waals surface area contributed by atoms with Gasteiger partial charge in [0.1, 0.15) is 12.4 Å². The first kappa shape index (κ1) is 18.8. The fraction of sp³-hybridized carbons (Fsp3) is 0.562. The topological polar surface area (TPSA) is 66.9 Å². The van der Waals surface area contributed by atoms with Gasteiger partial charge in [0, 0.05) is 33.3 Å². The molecule has 0 unspecified atom stereocenters. The summed E-state index contributed by atoms with van der Waals surface area (Å²) in [4.78, 5) is 15.8. The Balaban J connectivity index is 1.75. The number of nitrogens with zero attached hydrogens (tertiary/aromatic N) is 2. The molecule has 6 nitrogen and oxygen atoms in total. The van der Waals surface area contributed by atoms with Crippen LogP contribution in [0.4, 0.5) is 4.39 Å². The summed E-state index contributed by atoms with van der Waals surface area (Å²) in [5, 5.41) is 0. The monoisotopic (exact) mass is 358 g/mol. The summed E-state index contributed by atoms with van der Waals surface area (Å²) in [6, 6.07) is 4.90. The van der Waals surface area contributed by atoms with Crippen molar-refractivity contribution in [3.05, 3.63) is 30.1 Å². The smallest absolute Gasteiger partial charge is 0.248 e. The lowest BCUT2D eigenvalue weighted by atomic mass is 10.3. The molecule has 1 aromatic rings. The number of benzene rings is 1. The summed E-state index contributed by atoms with van der Waals surface area (Å²) in [7, 11) is -1.89. The summed E-state index contributed by atoms with van der Waals surface area (Å²) in [5.41, 5.74) is 0. The van der Waals surface area contributed by atoms with Crippen molar-refractivity contribution in [1.29, 1.82) is 0 Å². The van der Waals surface area contributed by atoms with E-state index in [4.69, 9.17) is 4.74 Å². The summed E-state index contributed by atoms with van der Waals surface area (Å²) in [5.74, 6) is -0.438. The molecule has 1 heterocycles. The van der Waals surface area contributed by atoms with Gasteiger partial charge in [-0.1, -0.05) is 0 Å². The predicted molar refractivity (Wildman–Crippen MR) is 88.0 cm³/mol. The number of rotatable bonds is 7. The fourth-order valence-electron chi connectivity index (χ4n) is 2.67. The zero-order chi connectivity index (χ0) is 17.6. The maximum atomic E-state index is 12.9. The van der Waals surface area contributed by atoms with Gasteiger partial charge in [-0.2, -0.15) is 0 Å². The van der Waals surface area contributed by atoms with Crippen molar-refractivity contribution >= 4 is 15.7 Å². The third-order valence-corrected chi connectivity index (χ3v) is 5.87. The summed E-state index contributed by atoms with van der Waals surface area (Å²) in [6.07, 6.45) is 0.506. The average Bonchev–Trinajstić information content (AvgIpc) is 2.56. The number of carbonyl (C=O) groups excluding carboxylic acids is 1. The van der Waals surface area contributed by atoms with Crippen LogP contribution in [-0.4, -0.2) is 76.3 Å². The number of hydrogen-bond acceptors (Lipinski definition) is 5. The Labute approximate surface area is 142 Å². The van der Waals surface area contributed by atoms with Crippen molar-refractivity contribution in [2.75, 3.05) is 52.2 Å². The molecule has 0 bridgehead atoms. The van der Waals surface area contributed by atoms with E-state index < -0.39 is 15.7 Å². The average molecular weight is 358 g/mol. The highest BCUT2D eigenvalue weighted by Gasteiger charge is 2.21. The number of ether oxygens (including phenoxy) is 1. The standard InChI is InChI=1S/C16H23FN2O4S/c1-23-13-16(20)19-10-8-18(9-11-19)7-2-12-24(21,22)15-5-3-14(17)4-6-15/h3-6H,2,7-13H2,1H3. The zero-order valence-electron chi connectivity index (χ0n) is 13.8. The summed E-state index contributed by atoms with van der Waals surface area (Å²) in [6.45, 7) is 3.47. The van der Waals surface area contributed by atoms with Crippen LogP contribution >= 0.6 is 0 Å². The molecular formula is C16H23FN2O4S. The highest BCUT2D eigenvalue weighted by molar-refractivity contribution is 7.91. The summed E-state index contributed by atoms with van der Waals surface area (Å²) >= 11 is 0. The van der Waals surface area contributed by atoms with Crippen LogP contribution in [0.2, 0.25) is 0 Å². The number of piperazine rings is 1. The third-order valence-electron chi connectivity index (χ3n) is 4.05. The van der Waals surface area contributed by atoms with Crippen molar-refractivity contribution < 1.29 is 22.3 Å². The minimum atomic E-state index is -3.38. The van der Waals surface area contributed by atoms with E-state index in [1.165, 1.54) is 19.2 Å². The Morgan fingerprint density at radius 2 is 1.79 bits per heavy atom. The largest absolute Gasteiger partial charge is 0.375 e. The predicted octanol–water partition coefficient (Wildman–Crippen LogP) is 0.780. The van der Waals surface area contributed by atoms with E-state index in [1.807, 2.05) is 0 Å². The number of methoxy groups -OCH3 is 1. The molecule has 0 aromatic heterocycles. The molecular weight excluding hydrogens is 335 g/mol. The molecule has 0 aliphatic carbocycles. The zero-order valence-corrected chi connectivity index (χ0v) is 14.6. The number of sulfone groups is 1. The van der Waals surface area contributed by atoms with Gasteiger partial charge in [-0.3, -0.25) is 9.69 Å². The van der Waals surface area contributed by atoms with Gasteiger partial charge in [-0.05, 0) is 37.2 Å². The summed E-state index contributed by atoms with van der Waals surface area (Å²) < 4.78 is 42.1. The molecule has 1 fully saturated rings. The molecule has 1 amide bonds. The van der Waals surface area contributed by atoms with Crippen LogP contribution < -0.4 is 0 Å². The van der Waals surface area contributed by atoms with Gasteiger partial charge in [0.25, 0.3) is 0 Å². The first-order valence-electron chi connectivity index (χ1n) is 7.90. The second kappa shape index (κ2) is 8.55. The Kier molecular flexibility index (Phi) is 6.70. The van der Waals surface area contributed by atoms with Gasteiger partial charge in [0.05, 0.1) is 10.6 Å². The molecule has 0 spiro atoms. The van der Waals surface area contributed by atoms with Crippen LogP contribution in [0.3, 0.4) is 0 Å². The van der Waals surface area contributed by atoms with Gasteiger partial charge < -0.3 is 9.64 Å². The van der Waals surface area contributed by atoms with Gasteiger partial charge in [-0.15, -0.1) is 0 Å². The lowest BCUT2D eigenvalue weighted by Gasteiger charge is -2.34. The number of amides is 1. The number of hydrogen-bond donors (Lipinski definition) is 0. The van der Waals surface area contributed by atoms with E-state index in [-0.39, 0.29) is 23.2 Å². The van der Waals surface area contributed by atoms with Gasteiger partial charge in [-0.25, -0.2) is 12.8 Å². The fourth-order valence-corrected chi connectivity index (χ4v) is 3.97. The molecule has 1 aromatic carbocycles. The van der Waals surface area contributed by atoms with E-state index >= 15 is 0 Å². The van der Waals surface area contributed by atoms with Crippen molar-refractivity contribution in [2.24, 2.45) is 0 Å². The Morgan fingerprint density at radius 1 is 1.17 bits per heavy atom. The molecule has 1 aliphatic rings. The molecule has 134 valence electrons. The van der Waals surface area contributed by atoms with Crippen LogP contribution in [-0.2, 0) is 19.4 Å². The minimum Gasteiger partial charge on any atom is -0.375 e. The van der Waals surface area contributed by atoms with Crippen LogP contribution in [0, 0.1) is 5.82 Å². The van der Waals surface area contributed by atoms with Crippen LogP contribution in [0.25, 0.3) is 0 Å². The lowest BCUT2D eigenvalue weighted by Crippen LogP contribution is -2.49. The Morgan fingerprint density at radius 3 is 2.38 bits per heavy atom. The second-order valence-electron chi connectivity index (χ2n) is 5.78. The molecule has 1 saturated heterocycles. The van der Waals surface area contributed by atoms with Gasteiger partial charge >= 0.3 is 0 Å². The van der Waals surface area contributed by atoms with Crippen molar-refractivity contribution in [3.63, 3.8) is 0 Å². The van der Waals surface area contributed by atoms with Gasteiger partial charge in [0.2, 0.25) is 5.91 Å². The van der Waals surface area contributed by atoms with E-state index in [0.29, 0.717) is 26.1 Å². The number of halogens is 1. The lowest BCUT2D eigenvalue weighted by molar-refractivity contribution is -0.136. The molecule has 0 radical (unpaired) electrons. The van der Waals surface area contributed by atoms with Gasteiger partial charge in [0.15, 0.2) is 9.84 Å². The molecule has 24 heavy (non-hydrogen) atoms. The third kappa shape index (κ3) is 5.25. The van der Waals surface area contributed by atoms with Crippen LogP contribution in [0.15, 0.2) is 29.2 Å². The normalized spacial score (nSPS) is 16.3. The first-order valence-corrected chi connectivity index (χ1v) is 9.55. The second-order valence-corrected chi connectivity index (χ2v) is 7.89. The first-order chi connectivity index (χ1) is 11.4. The Hall–Kier alpha value is -1.51. The van der Waals surface area contributed by atoms with Crippen LogP contribution in [0.5, 0.6) is 0 Å². The van der Waals surface area contributed by atoms with E-state index in [0.717, 1.165) is 25.2 Å².